The van der Waals surface area contributed by atoms with Crippen molar-refractivity contribution in [3.63, 3.8) is 0 Å². The maximum Gasteiger partial charge on any atom is 0.270 e. The lowest BCUT2D eigenvalue weighted by molar-refractivity contribution is 0.0944. The van der Waals surface area contributed by atoms with Gasteiger partial charge in [-0.25, -0.2) is 15.0 Å². The lowest BCUT2D eigenvalue weighted by Crippen LogP contribution is -2.25. The molecule has 0 aliphatic carbocycles. The highest BCUT2D eigenvalue weighted by molar-refractivity contribution is 5.94. The van der Waals surface area contributed by atoms with Gasteiger partial charge in [0.05, 0.1) is 11.4 Å². The predicted octanol–water partition coefficient (Wildman–Crippen LogP) is 2.46. The van der Waals surface area contributed by atoms with Crippen LogP contribution in [0.1, 0.15) is 27.6 Å². The quantitative estimate of drug-likeness (QED) is 0.616. The maximum absolute atomic E-state index is 12.8. The molecule has 0 atom stereocenters. The summed E-state index contributed by atoms with van der Waals surface area (Å²) in [4.78, 5) is 25.6. The van der Waals surface area contributed by atoms with Gasteiger partial charge in [0.25, 0.3) is 5.91 Å². The molecule has 0 aliphatic heterocycles. The number of carbonyl (C=O) groups excluding carboxylic acids is 1. The Bertz CT molecular complexity index is 1090. The molecule has 1 N–H and O–H groups in total. The van der Waals surface area contributed by atoms with Crippen LogP contribution < -0.4 is 5.32 Å². The molecule has 1 amide bonds. The monoisotopic (exact) mass is 346 g/mol. The Kier molecular flexibility index (Phi) is 3.96. The van der Waals surface area contributed by atoms with E-state index in [1.54, 1.807) is 29.1 Å². The van der Waals surface area contributed by atoms with E-state index < -0.39 is 0 Å². The van der Waals surface area contributed by atoms with Gasteiger partial charge < -0.3 is 9.88 Å². The molecule has 0 aliphatic rings. The Morgan fingerprint density at radius 1 is 1.08 bits per heavy atom. The molecule has 0 fully saturated rings. The fraction of sp³-hybridized carbons (Fsp3) is 0.158. The summed E-state index contributed by atoms with van der Waals surface area (Å²) < 4.78 is 3.71. The SMILES string of the molecule is Cc1nc2ncccn2c1C(=O)NCc1ccccc1-n1ccnc1C. The first kappa shape index (κ1) is 16.0. The van der Waals surface area contributed by atoms with Gasteiger partial charge in [-0.3, -0.25) is 9.20 Å². The van der Waals surface area contributed by atoms with Crippen LogP contribution >= 0.6 is 0 Å². The van der Waals surface area contributed by atoms with E-state index in [0.29, 0.717) is 23.7 Å². The van der Waals surface area contributed by atoms with Crippen molar-refractivity contribution in [1.82, 2.24) is 29.2 Å². The van der Waals surface area contributed by atoms with Crippen LogP contribution in [0.5, 0.6) is 0 Å². The average Bonchev–Trinajstić information content (AvgIpc) is 3.22. The van der Waals surface area contributed by atoms with Gasteiger partial charge in [0, 0.05) is 31.3 Å². The van der Waals surface area contributed by atoms with E-state index >= 15 is 0 Å². The van der Waals surface area contributed by atoms with Crippen LogP contribution in [0, 0.1) is 13.8 Å². The second-order valence-corrected chi connectivity index (χ2v) is 5.99. The highest BCUT2D eigenvalue weighted by Gasteiger charge is 2.17. The Balaban J connectivity index is 1.61. The highest BCUT2D eigenvalue weighted by Crippen LogP contribution is 2.16. The van der Waals surface area contributed by atoms with E-state index in [4.69, 9.17) is 0 Å². The van der Waals surface area contributed by atoms with Crippen LogP contribution in [-0.2, 0) is 6.54 Å². The minimum Gasteiger partial charge on any atom is -0.347 e. The fourth-order valence-corrected chi connectivity index (χ4v) is 3.06. The zero-order valence-corrected chi connectivity index (χ0v) is 14.5. The second-order valence-electron chi connectivity index (χ2n) is 5.99. The molecule has 0 unspecified atom stereocenters. The van der Waals surface area contributed by atoms with E-state index in [0.717, 1.165) is 17.1 Å². The summed E-state index contributed by atoms with van der Waals surface area (Å²) in [6, 6.07) is 9.72. The average molecular weight is 346 g/mol. The summed E-state index contributed by atoms with van der Waals surface area (Å²) in [5.74, 6) is 1.23. The molecule has 0 radical (unpaired) electrons. The minimum absolute atomic E-state index is 0.180. The molecule has 7 heteroatoms. The lowest BCUT2D eigenvalue weighted by Gasteiger charge is -2.13. The first-order chi connectivity index (χ1) is 12.6. The normalized spacial score (nSPS) is 11.0. The second kappa shape index (κ2) is 6.44. The van der Waals surface area contributed by atoms with Crippen molar-refractivity contribution in [2.75, 3.05) is 0 Å². The largest absolute Gasteiger partial charge is 0.347 e. The van der Waals surface area contributed by atoms with Crippen molar-refractivity contribution in [3.05, 3.63) is 77.9 Å². The number of imidazole rings is 2. The number of hydrogen-bond donors (Lipinski definition) is 1. The third-order valence-electron chi connectivity index (χ3n) is 4.31. The molecule has 4 aromatic rings. The van der Waals surface area contributed by atoms with Gasteiger partial charge in [0.1, 0.15) is 11.5 Å². The van der Waals surface area contributed by atoms with Gasteiger partial charge in [-0.05, 0) is 31.5 Å². The molecular formula is C19H18N6O. The number of nitrogens with zero attached hydrogens (tertiary/aromatic N) is 5. The van der Waals surface area contributed by atoms with E-state index in [2.05, 4.69) is 20.3 Å². The van der Waals surface area contributed by atoms with Gasteiger partial charge in [0.15, 0.2) is 0 Å². The fourth-order valence-electron chi connectivity index (χ4n) is 3.06. The van der Waals surface area contributed by atoms with E-state index in [1.807, 2.05) is 48.9 Å². The van der Waals surface area contributed by atoms with Crippen LogP contribution in [0.3, 0.4) is 0 Å². The topological polar surface area (TPSA) is 77.1 Å². The molecule has 130 valence electrons. The molecule has 7 nitrogen and oxygen atoms in total. The van der Waals surface area contributed by atoms with Crippen LogP contribution in [0.2, 0.25) is 0 Å². The molecule has 0 spiro atoms. The molecule has 0 saturated heterocycles. The molecule has 0 saturated carbocycles. The molecule has 3 aromatic heterocycles. The number of hydrogen-bond acceptors (Lipinski definition) is 4. The van der Waals surface area contributed by atoms with Gasteiger partial charge in [0.2, 0.25) is 5.78 Å². The van der Waals surface area contributed by atoms with Crippen molar-refractivity contribution >= 4 is 11.7 Å². The van der Waals surface area contributed by atoms with Crippen LogP contribution in [0.4, 0.5) is 0 Å². The van der Waals surface area contributed by atoms with E-state index in [1.165, 1.54) is 0 Å². The predicted molar refractivity (Wildman–Crippen MR) is 97.2 cm³/mol. The van der Waals surface area contributed by atoms with Crippen molar-refractivity contribution < 1.29 is 4.79 Å². The Morgan fingerprint density at radius 3 is 2.73 bits per heavy atom. The van der Waals surface area contributed by atoms with Crippen molar-refractivity contribution in [1.29, 1.82) is 0 Å². The van der Waals surface area contributed by atoms with Crippen molar-refractivity contribution in [2.45, 2.75) is 20.4 Å². The lowest BCUT2D eigenvalue weighted by atomic mass is 10.1. The number of aryl methyl sites for hydroxylation is 2. The summed E-state index contributed by atoms with van der Waals surface area (Å²) in [7, 11) is 0. The molecule has 3 heterocycles. The number of carbonyl (C=O) groups is 1. The van der Waals surface area contributed by atoms with Crippen LogP contribution in [-0.4, -0.2) is 29.8 Å². The summed E-state index contributed by atoms with van der Waals surface area (Å²) in [6.07, 6.45) is 7.13. The maximum atomic E-state index is 12.8. The van der Waals surface area contributed by atoms with Crippen molar-refractivity contribution in [2.24, 2.45) is 0 Å². The van der Waals surface area contributed by atoms with Crippen molar-refractivity contribution in [3.8, 4) is 5.69 Å². The number of rotatable bonds is 4. The molecule has 26 heavy (non-hydrogen) atoms. The first-order valence-electron chi connectivity index (χ1n) is 8.31. The molecule has 0 bridgehead atoms. The third-order valence-corrected chi connectivity index (χ3v) is 4.31. The van der Waals surface area contributed by atoms with Crippen LogP contribution in [0.25, 0.3) is 11.5 Å². The van der Waals surface area contributed by atoms with Gasteiger partial charge in [-0.2, -0.15) is 0 Å². The van der Waals surface area contributed by atoms with Gasteiger partial charge in [-0.15, -0.1) is 0 Å². The number of nitrogens with one attached hydrogen (secondary N) is 1. The number of benzene rings is 1. The number of fused-ring (bicyclic) bond motifs is 1. The van der Waals surface area contributed by atoms with E-state index in [-0.39, 0.29) is 5.91 Å². The standard InChI is InChI=1S/C19H18N6O/c1-13-17(25-10-5-8-21-19(25)23-13)18(26)22-12-15-6-3-4-7-16(15)24-11-9-20-14(24)2/h3-11H,12H2,1-2H3,(H,22,26). The summed E-state index contributed by atoms with van der Waals surface area (Å²) in [5, 5.41) is 2.99. The van der Waals surface area contributed by atoms with E-state index in [9.17, 15) is 4.79 Å². The molecular weight excluding hydrogens is 328 g/mol. The van der Waals surface area contributed by atoms with Gasteiger partial charge >= 0.3 is 0 Å². The minimum atomic E-state index is -0.180. The summed E-state index contributed by atoms with van der Waals surface area (Å²) in [6.45, 7) is 4.16. The third kappa shape index (κ3) is 2.73. The zero-order chi connectivity index (χ0) is 18.1. The smallest absolute Gasteiger partial charge is 0.270 e. The zero-order valence-electron chi connectivity index (χ0n) is 14.5. The molecule has 4 rings (SSSR count). The van der Waals surface area contributed by atoms with Gasteiger partial charge in [-0.1, -0.05) is 18.2 Å². The Hall–Kier alpha value is -3.48. The summed E-state index contributed by atoms with van der Waals surface area (Å²) >= 11 is 0. The first-order valence-corrected chi connectivity index (χ1v) is 8.31. The van der Waals surface area contributed by atoms with Crippen LogP contribution in [0.15, 0.2) is 55.1 Å². The number of amides is 1. The number of aromatic nitrogens is 5. The summed E-state index contributed by atoms with van der Waals surface area (Å²) in [5.41, 5.74) is 3.16. The Labute approximate surface area is 150 Å². The number of para-hydroxylation sites is 1. The Morgan fingerprint density at radius 2 is 1.92 bits per heavy atom. The molecule has 1 aromatic carbocycles. The highest BCUT2D eigenvalue weighted by atomic mass is 16.1.